The van der Waals surface area contributed by atoms with E-state index in [1.165, 1.54) is 16.4 Å². The van der Waals surface area contributed by atoms with Crippen LogP contribution in [0.1, 0.15) is 10.4 Å². The average Bonchev–Trinajstić information content (AvgIpc) is 3.27. The molecule has 3 aromatic rings. The topological polar surface area (TPSA) is 102 Å². The lowest BCUT2D eigenvalue weighted by Gasteiger charge is -2.26. The van der Waals surface area contributed by atoms with E-state index >= 15 is 0 Å². The minimum absolute atomic E-state index is 0.0595. The highest BCUT2D eigenvalue weighted by molar-refractivity contribution is 9.10. The highest BCUT2D eigenvalue weighted by Gasteiger charge is 2.26. The first-order chi connectivity index (χ1) is 14.9. The predicted molar refractivity (Wildman–Crippen MR) is 118 cm³/mol. The van der Waals surface area contributed by atoms with Crippen molar-refractivity contribution in [3.63, 3.8) is 0 Å². The lowest BCUT2D eigenvalue weighted by molar-refractivity contribution is 0.0730. The van der Waals surface area contributed by atoms with Gasteiger partial charge in [0, 0.05) is 34.8 Å². The Hall–Kier alpha value is -2.53. The summed E-state index contributed by atoms with van der Waals surface area (Å²) in [5.74, 6) is 0.0870. The molecule has 1 aliphatic heterocycles. The monoisotopic (exact) mass is 505 g/mol. The Bertz CT molecular complexity index is 1170. The van der Waals surface area contributed by atoms with Crippen molar-refractivity contribution in [2.75, 3.05) is 38.2 Å². The lowest BCUT2D eigenvalue weighted by Crippen LogP contribution is -2.40. The zero-order chi connectivity index (χ0) is 21.8. The molecule has 0 aliphatic carbocycles. The summed E-state index contributed by atoms with van der Waals surface area (Å²) in [6, 6.07) is 15.4. The van der Waals surface area contributed by atoms with Crippen molar-refractivity contribution in [2.24, 2.45) is 0 Å². The second-order valence-corrected chi connectivity index (χ2v) is 9.76. The lowest BCUT2D eigenvalue weighted by atomic mass is 10.1. The molecule has 10 heteroatoms. The molecule has 0 radical (unpaired) electrons. The molecule has 1 aliphatic rings. The molecule has 4 rings (SSSR count). The Morgan fingerprint density at radius 2 is 1.84 bits per heavy atom. The van der Waals surface area contributed by atoms with Crippen LogP contribution in [0.15, 0.2) is 68.5 Å². The fourth-order valence-corrected chi connectivity index (χ4v) is 4.87. The van der Waals surface area contributed by atoms with Crippen LogP contribution in [0, 0.1) is 0 Å². The number of ketones is 1. The number of carbonyl (C=O) groups excluding carboxylic acids is 1. The molecular formula is C21H20BrN3O5S. The number of nitrogens with one attached hydrogen (secondary N) is 1. The Balaban J connectivity index is 1.42. The summed E-state index contributed by atoms with van der Waals surface area (Å²) in [7, 11) is -3.67. The van der Waals surface area contributed by atoms with Gasteiger partial charge in [-0.25, -0.2) is 8.42 Å². The van der Waals surface area contributed by atoms with E-state index in [0.717, 1.165) is 10.0 Å². The Labute approximate surface area is 188 Å². The number of morpholine rings is 1. The van der Waals surface area contributed by atoms with Gasteiger partial charge in [-0.3, -0.25) is 4.79 Å². The molecule has 0 unspecified atom stereocenters. The summed E-state index contributed by atoms with van der Waals surface area (Å²) in [5.41, 5.74) is 1.82. The molecule has 0 spiro atoms. The van der Waals surface area contributed by atoms with Gasteiger partial charge in [0.2, 0.25) is 15.9 Å². The van der Waals surface area contributed by atoms with E-state index in [9.17, 15) is 13.2 Å². The molecule has 0 amide bonds. The average molecular weight is 506 g/mol. The molecule has 1 saturated heterocycles. The second kappa shape index (κ2) is 9.31. The zero-order valence-electron chi connectivity index (χ0n) is 16.5. The summed E-state index contributed by atoms with van der Waals surface area (Å²) in [4.78, 5) is 12.7. The van der Waals surface area contributed by atoms with Crippen molar-refractivity contribution >= 4 is 37.6 Å². The number of carbonyl (C=O) groups is 1. The van der Waals surface area contributed by atoms with E-state index in [1.54, 1.807) is 18.2 Å². The molecule has 31 heavy (non-hydrogen) atoms. The molecule has 1 N–H and O–H groups in total. The van der Waals surface area contributed by atoms with Gasteiger partial charge in [-0.15, -0.1) is 0 Å². The zero-order valence-corrected chi connectivity index (χ0v) is 18.9. The molecule has 0 bridgehead atoms. The molecule has 8 nitrogen and oxygen atoms in total. The van der Waals surface area contributed by atoms with E-state index in [4.69, 9.17) is 9.26 Å². The van der Waals surface area contributed by atoms with Crippen LogP contribution >= 0.6 is 15.9 Å². The number of halogens is 1. The SMILES string of the molecule is O=C(CNc1cc(-c2ccc(Br)cc2)no1)c1cccc(S(=O)(=O)N2CCOCC2)c1. The Morgan fingerprint density at radius 1 is 1.10 bits per heavy atom. The van der Waals surface area contributed by atoms with E-state index in [-0.39, 0.29) is 17.2 Å². The van der Waals surface area contributed by atoms with Crippen LogP contribution in [0.2, 0.25) is 0 Å². The number of aromatic nitrogens is 1. The fourth-order valence-electron chi connectivity index (χ4n) is 3.15. The number of nitrogens with zero attached hydrogens (tertiary/aromatic N) is 2. The van der Waals surface area contributed by atoms with Crippen LogP contribution in [0.25, 0.3) is 11.3 Å². The van der Waals surface area contributed by atoms with Crippen molar-refractivity contribution in [3.05, 3.63) is 64.6 Å². The van der Waals surface area contributed by atoms with Gasteiger partial charge < -0.3 is 14.6 Å². The number of sulfonamides is 1. The summed E-state index contributed by atoms with van der Waals surface area (Å²) >= 11 is 3.39. The number of rotatable bonds is 7. The van der Waals surface area contributed by atoms with E-state index in [1.807, 2.05) is 24.3 Å². The fraction of sp³-hybridized carbons (Fsp3) is 0.238. The van der Waals surface area contributed by atoms with Gasteiger partial charge in [-0.05, 0) is 24.3 Å². The number of anilines is 1. The van der Waals surface area contributed by atoms with Crippen LogP contribution in [-0.4, -0.2) is 56.5 Å². The first kappa shape index (κ1) is 21.7. The van der Waals surface area contributed by atoms with Gasteiger partial charge in [0.1, 0.15) is 5.69 Å². The van der Waals surface area contributed by atoms with Crippen LogP contribution in [0.3, 0.4) is 0 Å². The van der Waals surface area contributed by atoms with Gasteiger partial charge in [0.05, 0.1) is 24.7 Å². The molecule has 162 valence electrons. The van der Waals surface area contributed by atoms with Crippen molar-refractivity contribution < 1.29 is 22.5 Å². The normalized spacial score (nSPS) is 15.0. The minimum Gasteiger partial charge on any atom is -0.379 e. The number of hydrogen-bond donors (Lipinski definition) is 1. The second-order valence-electron chi connectivity index (χ2n) is 6.90. The molecule has 1 aromatic heterocycles. The highest BCUT2D eigenvalue weighted by Crippen LogP contribution is 2.24. The van der Waals surface area contributed by atoms with Gasteiger partial charge in [0.15, 0.2) is 5.78 Å². The number of Topliss-reactive ketones (excluding diaryl/α,β-unsaturated/α-hetero) is 1. The Kier molecular flexibility index (Phi) is 6.51. The first-order valence-corrected chi connectivity index (χ1v) is 11.8. The van der Waals surface area contributed by atoms with E-state index in [0.29, 0.717) is 43.4 Å². The maximum absolute atomic E-state index is 12.8. The number of ether oxygens (including phenoxy) is 1. The molecule has 1 fully saturated rings. The molecule has 2 aromatic carbocycles. The first-order valence-electron chi connectivity index (χ1n) is 9.61. The summed E-state index contributed by atoms with van der Waals surface area (Å²) in [6.07, 6.45) is 0. The van der Waals surface area contributed by atoms with Gasteiger partial charge >= 0.3 is 0 Å². The summed E-state index contributed by atoms with van der Waals surface area (Å²) in [6.45, 7) is 1.26. The third-order valence-corrected chi connectivity index (χ3v) is 7.26. The van der Waals surface area contributed by atoms with E-state index in [2.05, 4.69) is 26.4 Å². The van der Waals surface area contributed by atoms with Crippen LogP contribution < -0.4 is 5.32 Å². The van der Waals surface area contributed by atoms with Crippen LogP contribution in [-0.2, 0) is 14.8 Å². The van der Waals surface area contributed by atoms with Crippen molar-refractivity contribution in [2.45, 2.75) is 4.90 Å². The Morgan fingerprint density at radius 3 is 2.58 bits per heavy atom. The molecule has 0 atom stereocenters. The minimum atomic E-state index is -3.67. The third-order valence-electron chi connectivity index (χ3n) is 4.84. The van der Waals surface area contributed by atoms with Crippen molar-refractivity contribution in [3.8, 4) is 11.3 Å². The van der Waals surface area contributed by atoms with Crippen molar-refractivity contribution in [1.82, 2.24) is 9.46 Å². The maximum Gasteiger partial charge on any atom is 0.243 e. The maximum atomic E-state index is 12.8. The molecular weight excluding hydrogens is 486 g/mol. The van der Waals surface area contributed by atoms with Gasteiger partial charge in [0.25, 0.3) is 0 Å². The standard InChI is InChI=1S/C21H20BrN3O5S/c22-17-6-4-15(5-7-17)19-13-21(30-24-19)23-14-20(26)16-2-1-3-18(12-16)31(27,28)25-8-10-29-11-9-25/h1-7,12-13,23H,8-11,14H2. The quantitative estimate of drug-likeness (QED) is 0.490. The van der Waals surface area contributed by atoms with Gasteiger partial charge in [-0.1, -0.05) is 45.4 Å². The largest absolute Gasteiger partial charge is 0.379 e. The smallest absolute Gasteiger partial charge is 0.243 e. The molecule has 2 heterocycles. The highest BCUT2D eigenvalue weighted by atomic mass is 79.9. The number of benzene rings is 2. The van der Waals surface area contributed by atoms with Crippen molar-refractivity contribution in [1.29, 1.82) is 0 Å². The summed E-state index contributed by atoms with van der Waals surface area (Å²) < 4.78 is 38.4. The molecule has 0 saturated carbocycles. The van der Waals surface area contributed by atoms with E-state index < -0.39 is 10.0 Å². The third kappa shape index (κ3) is 5.04. The number of hydrogen-bond acceptors (Lipinski definition) is 7. The van der Waals surface area contributed by atoms with Gasteiger partial charge in [-0.2, -0.15) is 4.31 Å². The van der Waals surface area contributed by atoms with Crippen LogP contribution in [0.4, 0.5) is 5.88 Å². The predicted octanol–water partition coefficient (Wildman–Crippen LogP) is 3.42. The van der Waals surface area contributed by atoms with Crippen LogP contribution in [0.5, 0.6) is 0 Å². The summed E-state index contributed by atoms with van der Waals surface area (Å²) in [5, 5.41) is 6.91.